The van der Waals surface area contributed by atoms with Crippen molar-refractivity contribution in [2.24, 2.45) is 10.9 Å². The predicted molar refractivity (Wildman–Crippen MR) is 118 cm³/mol. The van der Waals surface area contributed by atoms with Crippen LogP contribution >= 0.6 is 35.3 Å². The third kappa shape index (κ3) is 6.78. The maximum atomic E-state index is 4.80. The second kappa shape index (κ2) is 12.0. The highest BCUT2D eigenvalue weighted by molar-refractivity contribution is 14.0. The largest absolute Gasteiger partial charge is 0.363 e. The minimum Gasteiger partial charge on any atom is -0.363 e. The molecule has 0 radical (unpaired) electrons. The Kier molecular flexibility index (Phi) is 10.7. The van der Waals surface area contributed by atoms with Crippen LogP contribution in [0.2, 0.25) is 0 Å². The number of hydrogen-bond donors (Lipinski definition) is 2. The van der Waals surface area contributed by atoms with E-state index in [-0.39, 0.29) is 24.0 Å². The highest BCUT2D eigenvalue weighted by atomic mass is 127. The molecular weight excluding hydrogens is 431 g/mol. The van der Waals surface area contributed by atoms with Gasteiger partial charge in [-0.25, -0.2) is 0 Å². The smallest absolute Gasteiger partial charge is 0.191 e. The van der Waals surface area contributed by atoms with Gasteiger partial charge in [0.25, 0.3) is 0 Å². The van der Waals surface area contributed by atoms with Crippen LogP contribution in [0.15, 0.2) is 22.5 Å². The van der Waals surface area contributed by atoms with E-state index >= 15 is 0 Å². The second-order valence-corrected chi connectivity index (χ2v) is 7.19. The predicted octanol–water partition coefficient (Wildman–Crippen LogP) is 4.33. The Bertz CT molecular complexity index is 452. The molecule has 1 aliphatic heterocycles. The summed E-state index contributed by atoms with van der Waals surface area (Å²) < 4.78 is 0. The molecule has 1 fully saturated rings. The number of guanidine groups is 1. The number of anilines is 1. The number of rotatable bonds is 7. The van der Waals surface area contributed by atoms with Gasteiger partial charge in [-0.1, -0.05) is 26.7 Å². The number of hydrogen-bond acceptors (Lipinski definition) is 3. The van der Waals surface area contributed by atoms with E-state index in [0.29, 0.717) is 12.0 Å². The normalized spacial score (nSPS) is 16.2. The van der Waals surface area contributed by atoms with Crippen LogP contribution in [0.1, 0.15) is 46.5 Å². The topological polar surface area (TPSA) is 39.7 Å². The molecule has 0 aromatic carbocycles. The lowest BCUT2D eigenvalue weighted by Gasteiger charge is -2.33. The van der Waals surface area contributed by atoms with Crippen LogP contribution < -0.4 is 15.5 Å². The maximum Gasteiger partial charge on any atom is 0.191 e. The average Bonchev–Trinajstić information content (AvgIpc) is 3.11. The Labute approximate surface area is 168 Å². The van der Waals surface area contributed by atoms with Crippen LogP contribution in [-0.2, 0) is 0 Å². The fourth-order valence-electron chi connectivity index (χ4n) is 2.97. The molecule has 138 valence electrons. The van der Waals surface area contributed by atoms with E-state index in [9.17, 15) is 0 Å². The molecular formula is C18H33IN4S. The van der Waals surface area contributed by atoms with E-state index in [4.69, 9.17) is 4.99 Å². The van der Waals surface area contributed by atoms with E-state index in [2.05, 4.69) is 53.8 Å². The second-order valence-electron chi connectivity index (χ2n) is 6.26. The fourth-order valence-corrected chi connectivity index (χ4v) is 3.76. The standard InChI is InChI=1S/C18H32N4S.HI/c1-4-15(5-2)14-20-18(19-6-3)21-16-9-11-22(12-10-16)17-8-7-13-23-17;/h7-8,13,15-16H,4-6,9-12,14H2,1-3H3,(H2,19,20,21);1H. The summed E-state index contributed by atoms with van der Waals surface area (Å²) in [6.07, 6.45) is 4.76. The third-order valence-electron chi connectivity index (χ3n) is 4.66. The SMILES string of the molecule is CCNC(=NCC(CC)CC)NC1CCN(c2cccs2)CC1.I. The Morgan fingerprint density at radius 1 is 1.29 bits per heavy atom. The average molecular weight is 464 g/mol. The van der Waals surface area contributed by atoms with Gasteiger partial charge < -0.3 is 15.5 Å². The number of halogens is 1. The first-order valence-electron chi connectivity index (χ1n) is 9.10. The number of thiophene rings is 1. The van der Waals surface area contributed by atoms with Gasteiger partial charge >= 0.3 is 0 Å². The van der Waals surface area contributed by atoms with Gasteiger partial charge in [-0.3, -0.25) is 4.99 Å². The van der Waals surface area contributed by atoms with Crippen molar-refractivity contribution in [3.63, 3.8) is 0 Å². The molecule has 6 heteroatoms. The molecule has 1 aliphatic rings. The summed E-state index contributed by atoms with van der Waals surface area (Å²) in [5, 5.41) is 10.6. The van der Waals surface area contributed by atoms with Gasteiger partial charge in [-0.2, -0.15) is 0 Å². The first kappa shape index (κ1) is 21.5. The molecule has 0 atom stereocenters. The third-order valence-corrected chi connectivity index (χ3v) is 5.59. The van der Waals surface area contributed by atoms with Gasteiger partial charge in [0.1, 0.15) is 0 Å². The Balaban J connectivity index is 0.00000288. The molecule has 4 nitrogen and oxygen atoms in total. The van der Waals surface area contributed by atoms with Crippen molar-refractivity contribution in [1.82, 2.24) is 10.6 Å². The van der Waals surface area contributed by atoms with Crippen molar-refractivity contribution in [2.75, 3.05) is 31.1 Å². The number of piperidine rings is 1. The molecule has 1 aromatic rings. The van der Waals surface area contributed by atoms with Crippen LogP contribution in [0, 0.1) is 5.92 Å². The molecule has 2 rings (SSSR count). The minimum atomic E-state index is 0. The molecule has 0 aliphatic carbocycles. The van der Waals surface area contributed by atoms with Gasteiger partial charge in [0, 0.05) is 32.2 Å². The minimum absolute atomic E-state index is 0. The van der Waals surface area contributed by atoms with Gasteiger partial charge in [-0.05, 0) is 43.2 Å². The van der Waals surface area contributed by atoms with Crippen LogP contribution in [0.3, 0.4) is 0 Å². The lowest BCUT2D eigenvalue weighted by atomic mass is 10.0. The number of aliphatic imine (C=N–C) groups is 1. The van der Waals surface area contributed by atoms with Crippen LogP contribution in [0.5, 0.6) is 0 Å². The van der Waals surface area contributed by atoms with E-state index < -0.39 is 0 Å². The molecule has 1 aromatic heterocycles. The lowest BCUT2D eigenvalue weighted by molar-refractivity contribution is 0.459. The summed E-state index contributed by atoms with van der Waals surface area (Å²) >= 11 is 1.84. The highest BCUT2D eigenvalue weighted by Gasteiger charge is 2.20. The van der Waals surface area contributed by atoms with Crippen molar-refractivity contribution in [3.05, 3.63) is 17.5 Å². The molecule has 0 saturated carbocycles. The molecule has 0 unspecified atom stereocenters. The van der Waals surface area contributed by atoms with E-state index in [1.54, 1.807) is 0 Å². The van der Waals surface area contributed by atoms with Gasteiger partial charge in [0.2, 0.25) is 0 Å². The van der Waals surface area contributed by atoms with Crippen LogP contribution in [-0.4, -0.2) is 38.2 Å². The number of nitrogens with one attached hydrogen (secondary N) is 2. The van der Waals surface area contributed by atoms with E-state index in [1.807, 2.05) is 11.3 Å². The monoisotopic (exact) mass is 464 g/mol. The number of nitrogens with zero attached hydrogens (tertiary/aromatic N) is 2. The van der Waals surface area contributed by atoms with Crippen molar-refractivity contribution in [1.29, 1.82) is 0 Å². The summed E-state index contributed by atoms with van der Waals surface area (Å²) in [5.41, 5.74) is 0. The maximum absolute atomic E-state index is 4.80. The molecule has 0 spiro atoms. The quantitative estimate of drug-likeness (QED) is 0.359. The first-order valence-corrected chi connectivity index (χ1v) is 9.98. The lowest BCUT2D eigenvalue weighted by Crippen LogP contribution is -2.48. The van der Waals surface area contributed by atoms with Gasteiger partial charge in [-0.15, -0.1) is 35.3 Å². The molecule has 2 N–H and O–H groups in total. The Morgan fingerprint density at radius 3 is 2.54 bits per heavy atom. The molecule has 0 bridgehead atoms. The highest BCUT2D eigenvalue weighted by Crippen LogP contribution is 2.24. The van der Waals surface area contributed by atoms with E-state index in [1.165, 1.54) is 30.7 Å². The summed E-state index contributed by atoms with van der Waals surface area (Å²) in [6, 6.07) is 4.89. The summed E-state index contributed by atoms with van der Waals surface area (Å²) in [7, 11) is 0. The molecule has 2 heterocycles. The zero-order valence-corrected chi connectivity index (χ0v) is 18.4. The summed E-state index contributed by atoms with van der Waals surface area (Å²) in [6.45, 7) is 10.7. The van der Waals surface area contributed by atoms with Gasteiger partial charge in [0.15, 0.2) is 5.96 Å². The molecule has 1 saturated heterocycles. The van der Waals surface area contributed by atoms with Crippen molar-refractivity contribution >= 4 is 46.3 Å². The van der Waals surface area contributed by atoms with E-state index in [0.717, 1.165) is 32.1 Å². The molecule has 0 amide bonds. The molecule has 24 heavy (non-hydrogen) atoms. The zero-order valence-electron chi connectivity index (χ0n) is 15.3. The van der Waals surface area contributed by atoms with Crippen LogP contribution in [0.25, 0.3) is 0 Å². The van der Waals surface area contributed by atoms with Crippen molar-refractivity contribution in [2.45, 2.75) is 52.5 Å². The van der Waals surface area contributed by atoms with Gasteiger partial charge in [0.05, 0.1) is 5.00 Å². The fraction of sp³-hybridized carbons (Fsp3) is 0.722. The summed E-state index contributed by atoms with van der Waals surface area (Å²) in [5.74, 6) is 1.69. The summed E-state index contributed by atoms with van der Waals surface area (Å²) in [4.78, 5) is 7.30. The Hall–Kier alpha value is -0.500. The van der Waals surface area contributed by atoms with Crippen molar-refractivity contribution in [3.8, 4) is 0 Å². The first-order chi connectivity index (χ1) is 11.3. The Morgan fingerprint density at radius 2 is 2.00 bits per heavy atom. The zero-order chi connectivity index (χ0) is 16.5. The van der Waals surface area contributed by atoms with Crippen LogP contribution in [0.4, 0.5) is 5.00 Å². The van der Waals surface area contributed by atoms with Crippen molar-refractivity contribution < 1.29 is 0 Å².